The predicted octanol–water partition coefficient (Wildman–Crippen LogP) is -6.91. The number of rotatable bonds is 2. The summed E-state index contributed by atoms with van der Waals surface area (Å²) >= 11 is 0. The summed E-state index contributed by atoms with van der Waals surface area (Å²) in [5, 5.41) is 0. The Labute approximate surface area is 78.4 Å². The van der Waals surface area contributed by atoms with Crippen molar-refractivity contribution in [3.8, 4) is 0 Å². The molecule has 0 spiro atoms. The van der Waals surface area contributed by atoms with Gasteiger partial charge in [0, 0.05) is 0 Å². The van der Waals surface area contributed by atoms with E-state index in [0.717, 1.165) is 6.08 Å². The molecular weight excluding hydrogens is 129 g/mol. The van der Waals surface area contributed by atoms with E-state index in [0.29, 0.717) is 0 Å². The van der Waals surface area contributed by atoms with E-state index >= 15 is 0 Å². The van der Waals surface area contributed by atoms with Crippen LogP contribution >= 0.6 is 7.60 Å². The average molecular weight is 134 g/mol. The van der Waals surface area contributed by atoms with Gasteiger partial charge in [-0.15, -0.1) is 6.58 Å². The maximum atomic E-state index is 9.63. The molecule has 0 bridgehead atoms. The Morgan fingerprint density at radius 3 is 1.78 bits per heavy atom. The maximum absolute atomic E-state index is 9.63. The van der Waals surface area contributed by atoms with Gasteiger partial charge < -0.3 is 14.4 Å². The zero-order chi connectivity index (χ0) is 5.91. The first-order valence-corrected chi connectivity index (χ1v) is 3.41. The summed E-state index contributed by atoms with van der Waals surface area (Å²) in [6.45, 7) is 3.07. The van der Waals surface area contributed by atoms with Crippen LogP contribution in [0, 0.1) is 0 Å². The fourth-order valence-electron chi connectivity index (χ4n) is 0.158. The number of hydrogen-bond donors (Lipinski definition) is 0. The molecule has 0 aliphatic heterocycles. The van der Waals surface area contributed by atoms with E-state index in [4.69, 9.17) is 0 Å². The Bertz CT molecular complexity index is 110. The maximum Gasteiger partial charge on any atom is 1.00 e. The van der Waals surface area contributed by atoms with Gasteiger partial charge in [0.15, 0.2) is 0 Å². The van der Waals surface area contributed by atoms with Crippen LogP contribution in [0.15, 0.2) is 12.7 Å². The Hall–Kier alpha value is 1.08. The van der Waals surface area contributed by atoms with E-state index in [1.807, 2.05) is 0 Å². The second kappa shape index (κ2) is 7.19. The fourth-order valence-corrected chi connectivity index (χ4v) is 0.474. The number of hydrogen-bond acceptors (Lipinski definition) is 3. The zero-order valence-corrected chi connectivity index (χ0v) is 6.56. The van der Waals surface area contributed by atoms with Gasteiger partial charge in [0.25, 0.3) is 0 Å². The summed E-state index contributed by atoms with van der Waals surface area (Å²) in [6, 6.07) is 0. The molecule has 42 valence electrons. The van der Waals surface area contributed by atoms with Crippen LogP contribution in [0.2, 0.25) is 0 Å². The van der Waals surface area contributed by atoms with Crippen molar-refractivity contribution < 1.29 is 52.1 Å². The van der Waals surface area contributed by atoms with E-state index in [2.05, 4.69) is 6.58 Å². The molecule has 3 nitrogen and oxygen atoms in total. The van der Waals surface area contributed by atoms with Crippen LogP contribution < -0.4 is 47.5 Å². The summed E-state index contributed by atoms with van der Waals surface area (Å²) < 4.78 is 9.63. The molecule has 0 saturated carbocycles. The smallest absolute Gasteiger partial charge is 0.811 e. The minimum Gasteiger partial charge on any atom is -0.811 e. The van der Waals surface area contributed by atoms with Crippen LogP contribution in [0.25, 0.3) is 0 Å². The van der Waals surface area contributed by atoms with E-state index in [1.165, 1.54) is 0 Å². The Kier molecular flexibility index (Phi) is 13.3. The molecule has 0 radical (unpaired) electrons. The first kappa shape index (κ1) is 16.6. The summed E-state index contributed by atoms with van der Waals surface area (Å²) in [5.41, 5.74) is 0. The summed E-state index contributed by atoms with van der Waals surface area (Å²) in [6.07, 6.45) is 0.619. The second-order valence-electron chi connectivity index (χ2n) is 1.08. The first-order valence-electron chi connectivity index (χ1n) is 1.68. The second-order valence-corrected chi connectivity index (χ2v) is 2.67. The van der Waals surface area contributed by atoms with E-state index in [9.17, 15) is 14.4 Å². The minimum absolute atomic E-state index is 0. The molecule has 0 atom stereocenters. The molecule has 0 saturated heterocycles. The molecule has 0 aliphatic carbocycles. The Balaban J connectivity index is -0.000000180. The average Bonchev–Trinajstić information content (AvgIpc) is 1.30. The van der Waals surface area contributed by atoms with Crippen molar-refractivity contribution in [2.24, 2.45) is 0 Å². The van der Waals surface area contributed by atoms with E-state index in [1.54, 1.807) is 0 Å². The SMILES string of the molecule is C=CCP(=O)([O-])[O-].[Li+].[Li+]. The molecular formula is C3H5Li2O3P. The van der Waals surface area contributed by atoms with Crippen LogP contribution in [0.3, 0.4) is 0 Å². The van der Waals surface area contributed by atoms with E-state index in [-0.39, 0.29) is 37.7 Å². The predicted molar refractivity (Wildman–Crippen MR) is 22.7 cm³/mol. The third kappa shape index (κ3) is 17.6. The van der Waals surface area contributed by atoms with Crippen molar-refractivity contribution in [2.45, 2.75) is 0 Å². The molecule has 0 heterocycles. The molecule has 0 aromatic heterocycles. The van der Waals surface area contributed by atoms with Crippen molar-refractivity contribution in [1.29, 1.82) is 0 Å². The normalized spacial score (nSPS) is 8.67. The minimum atomic E-state index is -4.28. The third-order valence-electron chi connectivity index (χ3n) is 0.353. The van der Waals surface area contributed by atoms with Gasteiger partial charge in [0.2, 0.25) is 0 Å². The molecule has 6 heteroatoms. The summed E-state index contributed by atoms with van der Waals surface area (Å²) in [5.74, 6) is 0. The Morgan fingerprint density at radius 2 is 1.78 bits per heavy atom. The zero-order valence-electron chi connectivity index (χ0n) is 5.66. The number of allylic oxidation sites excluding steroid dienone is 1. The van der Waals surface area contributed by atoms with Gasteiger partial charge in [-0.05, 0) is 6.16 Å². The van der Waals surface area contributed by atoms with Gasteiger partial charge >= 0.3 is 37.7 Å². The topological polar surface area (TPSA) is 63.2 Å². The molecule has 0 N–H and O–H groups in total. The Morgan fingerprint density at radius 1 is 1.44 bits per heavy atom. The van der Waals surface area contributed by atoms with Crippen molar-refractivity contribution in [3.05, 3.63) is 12.7 Å². The van der Waals surface area contributed by atoms with Crippen LogP contribution in [0.5, 0.6) is 0 Å². The summed E-state index contributed by atoms with van der Waals surface area (Å²) in [4.78, 5) is 19.3. The van der Waals surface area contributed by atoms with Crippen LogP contribution in [-0.2, 0) is 4.57 Å². The monoisotopic (exact) mass is 134 g/mol. The van der Waals surface area contributed by atoms with Crippen molar-refractivity contribution >= 4 is 7.60 Å². The quantitative estimate of drug-likeness (QED) is 0.214. The standard InChI is InChI=1S/C3H7O3P.2Li/c1-2-3-7(4,5)6;;/h2H,1,3H2,(H2,4,5,6);;/q;2*+1/p-2. The molecule has 0 amide bonds. The molecule has 0 rings (SSSR count). The summed E-state index contributed by atoms with van der Waals surface area (Å²) in [7, 11) is -4.28. The van der Waals surface area contributed by atoms with Crippen molar-refractivity contribution in [2.75, 3.05) is 6.16 Å². The fraction of sp³-hybridized carbons (Fsp3) is 0.333. The van der Waals surface area contributed by atoms with Crippen molar-refractivity contribution in [1.82, 2.24) is 0 Å². The largest absolute Gasteiger partial charge is 1.00 e. The van der Waals surface area contributed by atoms with E-state index < -0.39 is 13.8 Å². The van der Waals surface area contributed by atoms with Gasteiger partial charge in [0.05, 0.1) is 0 Å². The van der Waals surface area contributed by atoms with Crippen molar-refractivity contribution in [3.63, 3.8) is 0 Å². The van der Waals surface area contributed by atoms with Gasteiger partial charge in [-0.1, -0.05) is 13.7 Å². The van der Waals surface area contributed by atoms with Gasteiger partial charge in [-0.25, -0.2) is 0 Å². The molecule has 9 heavy (non-hydrogen) atoms. The van der Waals surface area contributed by atoms with Gasteiger partial charge in [-0.3, -0.25) is 0 Å². The van der Waals surface area contributed by atoms with Crippen LogP contribution in [0.1, 0.15) is 0 Å². The molecule has 0 aromatic rings. The molecule has 0 aliphatic rings. The van der Waals surface area contributed by atoms with Crippen LogP contribution in [-0.4, -0.2) is 6.16 Å². The van der Waals surface area contributed by atoms with Gasteiger partial charge in [-0.2, -0.15) is 0 Å². The molecule has 0 aromatic carbocycles. The van der Waals surface area contributed by atoms with Gasteiger partial charge in [0.1, 0.15) is 0 Å². The van der Waals surface area contributed by atoms with Crippen LogP contribution in [0.4, 0.5) is 0 Å². The third-order valence-corrected chi connectivity index (χ3v) is 1.06. The first-order chi connectivity index (χ1) is 3.06. The molecule has 0 fully saturated rings. The molecule has 0 unspecified atom stereocenters.